The van der Waals surface area contributed by atoms with Gasteiger partial charge in [-0.15, -0.1) is 0 Å². The average molecular weight is 328 g/mol. The molecule has 3 N–H and O–H groups in total. The second-order valence-electron chi connectivity index (χ2n) is 6.33. The summed E-state index contributed by atoms with van der Waals surface area (Å²) in [5, 5.41) is 14.9. The molecular formula is C15H24N2O4S. The van der Waals surface area contributed by atoms with Crippen LogP contribution in [0.1, 0.15) is 45.4 Å². The van der Waals surface area contributed by atoms with E-state index in [0.717, 1.165) is 31.4 Å². The number of hydrogen-bond acceptors (Lipinski definition) is 4. The first-order valence-electron chi connectivity index (χ1n) is 7.85. The van der Waals surface area contributed by atoms with Crippen molar-refractivity contribution in [2.45, 2.75) is 57.0 Å². The number of nitrogens with one attached hydrogen (secondary N) is 2. The molecule has 1 aliphatic heterocycles. The highest BCUT2D eigenvalue weighted by Crippen LogP contribution is 2.28. The predicted molar refractivity (Wildman–Crippen MR) is 84.6 cm³/mol. The van der Waals surface area contributed by atoms with E-state index in [-0.39, 0.29) is 30.2 Å². The molecule has 1 heterocycles. The van der Waals surface area contributed by atoms with Crippen molar-refractivity contribution >= 4 is 29.5 Å². The van der Waals surface area contributed by atoms with Crippen LogP contribution in [-0.2, 0) is 14.4 Å². The van der Waals surface area contributed by atoms with Crippen LogP contribution in [0.15, 0.2) is 0 Å². The largest absolute Gasteiger partial charge is 0.479 e. The zero-order chi connectivity index (χ0) is 16.2. The van der Waals surface area contributed by atoms with E-state index in [0.29, 0.717) is 12.2 Å². The normalized spacial score (nSPS) is 26.6. The molecule has 2 unspecified atom stereocenters. The van der Waals surface area contributed by atoms with Crippen molar-refractivity contribution in [1.29, 1.82) is 0 Å². The Morgan fingerprint density at radius 1 is 1.32 bits per heavy atom. The highest BCUT2D eigenvalue weighted by Gasteiger charge is 2.43. The van der Waals surface area contributed by atoms with Gasteiger partial charge in [0, 0.05) is 24.1 Å². The minimum Gasteiger partial charge on any atom is -0.479 e. The van der Waals surface area contributed by atoms with Crippen molar-refractivity contribution in [3.8, 4) is 0 Å². The third kappa shape index (κ3) is 4.15. The second-order valence-corrected chi connectivity index (χ2v) is 7.44. The Kier molecular flexibility index (Phi) is 5.72. The number of aliphatic carboxylic acids is 1. The molecule has 2 amide bonds. The Balaban J connectivity index is 1.80. The SMILES string of the molecule is CC(CC(=O)NC1(C(=O)O)CCSC1)NC(=O)C1CCCC1. The molecule has 0 aromatic heterocycles. The molecule has 1 saturated carbocycles. The number of amides is 2. The van der Waals surface area contributed by atoms with E-state index in [9.17, 15) is 19.5 Å². The first-order chi connectivity index (χ1) is 10.4. The second kappa shape index (κ2) is 7.35. The van der Waals surface area contributed by atoms with E-state index in [2.05, 4.69) is 10.6 Å². The first-order valence-corrected chi connectivity index (χ1v) is 9.01. The van der Waals surface area contributed by atoms with Crippen LogP contribution in [0.4, 0.5) is 0 Å². The zero-order valence-corrected chi connectivity index (χ0v) is 13.7. The summed E-state index contributed by atoms with van der Waals surface area (Å²) in [5.41, 5.74) is -1.14. The maximum absolute atomic E-state index is 12.1. The molecule has 0 aromatic carbocycles. The first kappa shape index (κ1) is 17.1. The summed E-state index contributed by atoms with van der Waals surface area (Å²) in [6, 6.07) is -0.284. The molecule has 7 heteroatoms. The van der Waals surface area contributed by atoms with E-state index in [1.165, 1.54) is 11.8 Å². The van der Waals surface area contributed by atoms with E-state index >= 15 is 0 Å². The lowest BCUT2D eigenvalue weighted by atomic mass is 9.98. The van der Waals surface area contributed by atoms with Crippen LogP contribution >= 0.6 is 11.8 Å². The van der Waals surface area contributed by atoms with Gasteiger partial charge in [-0.25, -0.2) is 4.79 Å². The number of carboxylic acid groups (broad SMARTS) is 1. The average Bonchev–Trinajstić information content (AvgIpc) is 3.09. The van der Waals surface area contributed by atoms with Crippen LogP contribution < -0.4 is 10.6 Å². The summed E-state index contributed by atoms with van der Waals surface area (Å²) < 4.78 is 0. The highest BCUT2D eigenvalue weighted by molar-refractivity contribution is 7.99. The van der Waals surface area contributed by atoms with Gasteiger partial charge in [0.1, 0.15) is 5.54 Å². The van der Waals surface area contributed by atoms with Gasteiger partial charge in [-0.05, 0) is 31.9 Å². The molecule has 1 saturated heterocycles. The van der Waals surface area contributed by atoms with Gasteiger partial charge < -0.3 is 15.7 Å². The van der Waals surface area contributed by atoms with Gasteiger partial charge in [0.25, 0.3) is 0 Å². The molecule has 2 fully saturated rings. The Labute approximate surface area is 134 Å². The number of hydrogen-bond donors (Lipinski definition) is 3. The molecule has 0 radical (unpaired) electrons. The van der Waals surface area contributed by atoms with Crippen molar-refractivity contribution in [2.24, 2.45) is 5.92 Å². The van der Waals surface area contributed by atoms with Crippen LogP contribution in [0.2, 0.25) is 0 Å². The molecule has 6 nitrogen and oxygen atoms in total. The molecule has 0 aromatic rings. The van der Waals surface area contributed by atoms with E-state index in [1.807, 2.05) is 0 Å². The summed E-state index contributed by atoms with van der Waals surface area (Å²) in [7, 11) is 0. The van der Waals surface area contributed by atoms with Gasteiger partial charge in [-0.3, -0.25) is 9.59 Å². The van der Waals surface area contributed by atoms with Crippen LogP contribution in [0, 0.1) is 5.92 Å². The summed E-state index contributed by atoms with van der Waals surface area (Å²) in [6.07, 6.45) is 4.57. The zero-order valence-electron chi connectivity index (χ0n) is 12.9. The monoisotopic (exact) mass is 328 g/mol. The number of carbonyl (C=O) groups excluding carboxylic acids is 2. The van der Waals surface area contributed by atoms with Crippen LogP contribution in [0.25, 0.3) is 0 Å². The van der Waals surface area contributed by atoms with Crippen molar-refractivity contribution in [2.75, 3.05) is 11.5 Å². The molecular weight excluding hydrogens is 304 g/mol. The van der Waals surface area contributed by atoms with Crippen molar-refractivity contribution in [3.63, 3.8) is 0 Å². The smallest absolute Gasteiger partial charge is 0.330 e. The lowest BCUT2D eigenvalue weighted by molar-refractivity contribution is -0.146. The minimum atomic E-state index is -1.14. The molecule has 2 aliphatic rings. The van der Waals surface area contributed by atoms with Gasteiger partial charge in [-0.1, -0.05) is 12.8 Å². The van der Waals surface area contributed by atoms with E-state index in [1.54, 1.807) is 6.92 Å². The number of rotatable bonds is 6. The number of thioether (sulfide) groups is 1. The molecule has 2 rings (SSSR count). The van der Waals surface area contributed by atoms with Gasteiger partial charge in [0.15, 0.2) is 0 Å². The summed E-state index contributed by atoms with van der Waals surface area (Å²) in [5.74, 6) is -0.0702. The molecule has 0 spiro atoms. The Hall–Kier alpha value is -1.24. The quantitative estimate of drug-likeness (QED) is 0.680. The minimum absolute atomic E-state index is 0.0159. The summed E-state index contributed by atoms with van der Waals surface area (Å²) in [6.45, 7) is 1.78. The van der Waals surface area contributed by atoms with Crippen molar-refractivity contribution in [1.82, 2.24) is 10.6 Å². The molecule has 124 valence electrons. The lowest BCUT2D eigenvalue weighted by Gasteiger charge is -2.25. The number of carbonyl (C=O) groups is 3. The Bertz CT molecular complexity index is 443. The third-order valence-electron chi connectivity index (χ3n) is 4.42. The van der Waals surface area contributed by atoms with Gasteiger partial charge in [0.05, 0.1) is 0 Å². The third-order valence-corrected chi connectivity index (χ3v) is 5.61. The fourth-order valence-corrected chi connectivity index (χ4v) is 4.41. The van der Waals surface area contributed by atoms with Crippen molar-refractivity contribution < 1.29 is 19.5 Å². The van der Waals surface area contributed by atoms with Crippen LogP contribution in [0.3, 0.4) is 0 Å². The van der Waals surface area contributed by atoms with Crippen LogP contribution in [0.5, 0.6) is 0 Å². The Morgan fingerprint density at radius 3 is 2.55 bits per heavy atom. The summed E-state index contributed by atoms with van der Waals surface area (Å²) in [4.78, 5) is 35.5. The number of carboxylic acids is 1. The fraction of sp³-hybridized carbons (Fsp3) is 0.800. The maximum atomic E-state index is 12.1. The maximum Gasteiger partial charge on any atom is 0.330 e. The van der Waals surface area contributed by atoms with Gasteiger partial charge in [0.2, 0.25) is 11.8 Å². The Morgan fingerprint density at radius 2 is 2.00 bits per heavy atom. The molecule has 1 aliphatic carbocycles. The predicted octanol–water partition coefficient (Wildman–Crippen LogP) is 1.15. The fourth-order valence-electron chi connectivity index (χ4n) is 3.08. The van der Waals surface area contributed by atoms with E-state index < -0.39 is 11.5 Å². The van der Waals surface area contributed by atoms with Gasteiger partial charge in [-0.2, -0.15) is 11.8 Å². The molecule has 0 bridgehead atoms. The van der Waals surface area contributed by atoms with Crippen molar-refractivity contribution in [3.05, 3.63) is 0 Å². The standard InChI is InChI=1S/C15H24N2O4S/c1-10(16-13(19)11-4-2-3-5-11)8-12(18)17-15(14(20)21)6-7-22-9-15/h10-11H,2-9H2,1H3,(H,16,19)(H,17,18)(H,20,21). The highest BCUT2D eigenvalue weighted by atomic mass is 32.2. The van der Waals surface area contributed by atoms with Gasteiger partial charge >= 0.3 is 5.97 Å². The van der Waals surface area contributed by atoms with E-state index in [4.69, 9.17) is 0 Å². The van der Waals surface area contributed by atoms with Crippen LogP contribution in [-0.4, -0.2) is 46.0 Å². The molecule has 22 heavy (non-hydrogen) atoms. The summed E-state index contributed by atoms with van der Waals surface area (Å²) >= 11 is 1.53. The topological polar surface area (TPSA) is 95.5 Å². The lowest BCUT2D eigenvalue weighted by Crippen LogP contribution is -2.55. The molecule has 2 atom stereocenters.